The van der Waals surface area contributed by atoms with E-state index in [-0.39, 0.29) is 18.4 Å². The van der Waals surface area contributed by atoms with Crippen LogP contribution in [-0.2, 0) is 21.6 Å². The Labute approximate surface area is 131 Å². The number of halogens is 3. The Hall–Kier alpha value is -1.35. The van der Waals surface area contributed by atoms with E-state index in [0.717, 1.165) is 19.4 Å². The number of alkyl halides is 3. The summed E-state index contributed by atoms with van der Waals surface area (Å²) in [5.74, 6) is -0.573. The normalized spacial score (nSPS) is 32.7. The molecule has 9 heteroatoms. The number of ether oxygens (including phenoxy) is 1. The minimum absolute atomic E-state index is 0.0163. The van der Waals surface area contributed by atoms with Gasteiger partial charge in [0.1, 0.15) is 5.56 Å². The van der Waals surface area contributed by atoms with Gasteiger partial charge in [-0.3, -0.25) is 0 Å². The Balaban J connectivity index is 2.03. The van der Waals surface area contributed by atoms with Crippen LogP contribution in [0.3, 0.4) is 0 Å². The number of hydrogen-bond donors (Lipinski definition) is 1. The Morgan fingerprint density at radius 2 is 1.87 bits per heavy atom. The fourth-order valence-electron chi connectivity index (χ4n) is 3.55. The molecule has 1 N–H and O–H groups in total. The van der Waals surface area contributed by atoms with Crippen molar-refractivity contribution in [2.45, 2.75) is 48.0 Å². The summed E-state index contributed by atoms with van der Waals surface area (Å²) in [5.41, 5.74) is -2.71. The van der Waals surface area contributed by atoms with Gasteiger partial charge in [0.15, 0.2) is 9.84 Å². The number of hydrogen-bond acceptors (Lipinski definition) is 5. The van der Waals surface area contributed by atoms with Gasteiger partial charge in [0, 0.05) is 11.8 Å². The molecule has 0 saturated carbocycles. The van der Waals surface area contributed by atoms with Crippen molar-refractivity contribution >= 4 is 9.84 Å². The van der Waals surface area contributed by atoms with Crippen LogP contribution in [0.5, 0.6) is 5.88 Å². The molecule has 0 aliphatic carbocycles. The second kappa shape index (κ2) is 5.07. The van der Waals surface area contributed by atoms with E-state index in [0.29, 0.717) is 12.8 Å². The first-order chi connectivity index (χ1) is 10.6. The van der Waals surface area contributed by atoms with E-state index in [1.807, 2.05) is 0 Å². The van der Waals surface area contributed by atoms with Gasteiger partial charge in [0.05, 0.1) is 23.2 Å². The first kappa shape index (κ1) is 16.5. The molecule has 0 aromatic carbocycles. The van der Waals surface area contributed by atoms with Crippen LogP contribution in [0.2, 0.25) is 0 Å². The summed E-state index contributed by atoms with van der Waals surface area (Å²) in [6, 6.07) is 0.809. The third-order valence-electron chi connectivity index (χ3n) is 4.76. The van der Waals surface area contributed by atoms with Gasteiger partial charge in [-0.25, -0.2) is 13.4 Å². The Morgan fingerprint density at radius 3 is 2.35 bits per heavy atom. The molecule has 2 aliphatic heterocycles. The highest BCUT2D eigenvalue weighted by molar-refractivity contribution is 7.93. The third-order valence-corrected chi connectivity index (χ3v) is 7.42. The monoisotopic (exact) mass is 351 g/mol. The molecular weight excluding hydrogens is 335 g/mol. The van der Waals surface area contributed by atoms with Crippen LogP contribution >= 0.6 is 0 Å². The predicted molar refractivity (Wildman–Crippen MR) is 74.7 cm³/mol. The molecule has 1 aromatic heterocycles. The number of pyridine rings is 1. The summed E-state index contributed by atoms with van der Waals surface area (Å²) in [4.78, 5) is 3.64. The number of nitrogens with zero attached hydrogens (tertiary/aromatic N) is 1. The van der Waals surface area contributed by atoms with Crippen molar-refractivity contribution in [1.29, 1.82) is 0 Å². The van der Waals surface area contributed by atoms with Crippen molar-refractivity contribution in [2.24, 2.45) is 0 Å². The Bertz CT molecular complexity index is 712. The van der Waals surface area contributed by atoms with Gasteiger partial charge in [-0.15, -0.1) is 0 Å². The highest BCUT2D eigenvalue weighted by atomic mass is 32.2. The molecule has 0 amide bonds. The molecule has 23 heavy (non-hydrogen) atoms. The largest absolute Gasteiger partial charge is 0.481 e. The van der Waals surface area contributed by atoms with Crippen LogP contribution in [0.25, 0.3) is 0 Å². The molecular formula is C14H16F3NO4S. The van der Waals surface area contributed by atoms with Gasteiger partial charge >= 0.3 is 6.18 Å². The van der Waals surface area contributed by atoms with Crippen molar-refractivity contribution in [1.82, 2.24) is 4.98 Å². The summed E-state index contributed by atoms with van der Waals surface area (Å²) in [6.07, 6.45) is -2.87. The number of aromatic nitrogens is 1. The van der Waals surface area contributed by atoms with Gasteiger partial charge in [-0.2, -0.15) is 13.2 Å². The smallest absolute Gasteiger partial charge is 0.421 e. The maximum atomic E-state index is 13.1. The SMILES string of the molecule is COc1ncc(C2(O)CC3CCC(C2)S3(=O)=O)cc1C(F)(F)F. The molecule has 1 aromatic rings. The van der Waals surface area contributed by atoms with Gasteiger partial charge < -0.3 is 9.84 Å². The lowest BCUT2D eigenvalue weighted by atomic mass is 9.86. The quantitative estimate of drug-likeness (QED) is 0.882. The average molecular weight is 351 g/mol. The zero-order valence-electron chi connectivity index (χ0n) is 12.3. The number of fused-ring (bicyclic) bond motifs is 2. The molecule has 0 radical (unpaired) electrons. The zero-order chi connectivity index (χ0) is 17.0. The summed E-state index contributed by atoms with van der Waals surface area (Å²) in [7, 11) is -2.20. The number of rotatable bonds is 2. The lowest BCUT2D eigenvalue weighted by molar-refractivity contribution is -0.139. The predicted octanol–water partition coefficient (Wildman–Crippen LogP) is 2.04. The molecule has 2 atom stereocenters. The molecule has 0 spiro atoms. The highest BCUT2D eigenvalue weighted by Gasteiger charge is 2.53. The maximum Gasteiger partial charge on any atom is 0.421 e. The van der Waals surface area contributed by atoms with Crippen molar-refractivity contribution in [3.05, 3.63) is 23.4 Å². The lowest BCUT2D eigenvalue weighted by Crippen LogP contribution is -2.43. The van der Waals surface area contributed by atoms with E-state index >= 15 is 0 Å². The topological polar surface area (TPSA) is 76.5 Å². The summed E-state index contributed by atoms with van der Waals surface area (Å²) < 4.78 is 68.1. The molecule has 5 nitrogen and oxygen atoms in total. The van der Waals surface area contributed by atoms with Crippen LogP contribution < -0.4 is 4.74 Å². The van der Waals surface area contributed by atoms with Crippen molar-refractivity contribution in [3.63, 3.8) is 0 Å². The van der Waals surface area contributed by atoms with E-state index in [1.54, 1.807) is 0 Å². The van der Waals surface area contributed by atoms with Crippen molar-refractivity contribution in [2.75, 3.05) is 7.11 Å². The molecule has 3 rings (SSSR count). The summed E-state index contributed by atoms with van der Waals surface area (Å²) in [5, 5.41) is 9.39. The first-order valence-electron chi connectivity index (χ1n) is 7.15. The van der Waals surface area contributed by atoms with E-state index < -0.39 is 43.6 Å². The van der Waals surface area contributed by atoms with Gasteiger partial charge in [0.2, 0.25) is 5.88 Å². The fraction of sp³-hybridized carbons (Fsp3) is 0.643. The van der Waals surface area contributed by atoms with Gasteiger partial charge in [-0.05, 0) is 31.7 Å². The highest BCUT2D eigenvalue weighted by Crippen LogP contribution is 2.48. The Morgan fingerprint density at radius 1 is 1.30 bits per heavy atom. The standard InChI is InChI=1S/C14H16F3NO4S/c1-22-12-11(14(15,16)17)4-8(7-18-12)13(19)5-9-2-3-10(6-13)23(9,20)21/h4,7,9-10,19H,2-3,5-6H2,1H3. The lowest BCUT2D eigenvalue weighted by Gasteiger charge is -2.36. The van der Waals surface area contributed by atoms with E-state index in [2.05, 4.69) is 9.72 Å². The minimum atomic E-state index is -4.68. The van der Waals surface area contributed by atoms with Crippen LogP contribution in [0.1, 0.15) is 36.8 Å². The second-order valence-electron chi connectivity index (χ2n) is 6.13. The number of methoxy groups -OCH3 is 1. The molecule has 128 valence electrons. The summed E-state index contributed by atoms with van der Waals surface area (Å²) in [6.45, 7) is 0. The van der Waals surface area contributed by atoms with Crippen LogP contribution in [-0.4, -0.2) is 36.1 Å². The van der Waals surface area contributed by atoms with Gasteiger partial charge in [-0.1, -0.05) is 0 Å². The van der Waals surface area contributed by atoms with E-state index in [1.165, 1.54) is 0 Å². The molecule has 2 unspecified atom stereocenters. The number of aliphatic hydroxyl groups is 1. The van der Waals surface area contributed by atoms with Crippen LogP contribution in [0, 0.1) is 0 Å². The van der Waals surface area contributed by atoms with Crippen molar-refractivity contribution < 1.29 is 31.4 Å². The summed E-state index contributed by atoms with van der Waals surface area (Å²) >= 11 is 0. The molecule has 2 aliphatic rings. The van der Waals surface area contributed by atoms with E-state index in [9.17, 15) is 26.7 Å². The van der Waals surface area contributed by atoms with Gasteiger partial charge in [0.25, 0.3) is 0 Å². The Kier molecular flexibility index (Phi) is 3.64. The second-order valence-corrected chi connectivity index (χ2v) is 8.64. The molecule has 3 heterocycles. The minimum Gasteiger partial charge on any atom is -0.481 e. The number of sulfone groups is 1. The van der Waals surface area contributed by atoms with Crippen LogP contribution in [0.4, 0.5) is 13.2 Å². The first-order valence-corrected chi connectivity index (χ1v) is 8.76. The van der Waals surface area contributed by atoms with E-state index in [4.69, 9.17) is 0 Å². The van der Waals surface area contributed by atoms with Crippen molar-refractivity contribution in [3.8, 4) is 5.88 Å². The maximum absolute atomic E-state index is 13.1. The molecule has 2 saturated heterocycles. The fourth-order valence-corrected chi connectivity index (χ4v) is 6.04. The molecule has 2 bridgehead atoms. The average Bonchev–Trinajstić information content (AvgIpc) is 2.65. The molecule has 2 fully saturated rings. The van der Waals surface area contributed by atoms with Crippen LogP contribution in [0.15, 0.2) is 12.3 Å². The zero-order valence-corrected chi connectivity index (χ0v) is 13.1. The third kappa shape index (κ3) is 2.59.